The maximum absolute atomic E-state index is 11.9. The van der Waals surface area contributed by atoms with Gasteiger partial charge in [-0.05, 0) is 58.5 Å². The summed E-state index contributed by atoms with van der Waals surface area (Å²) in [6, 6.07) is 24.7. The van der Waals surface area contributed by atoms with Gasteiger partial charge in [0.2, 0.25) is 0 Å². The number of esters is 1. The molecule has 3 aromatic rings. The van der Waals surface area contributed by atoms with Crippen LogP contribution in [0.5, 0.6) is 5.75 Å². The van der Waals surface area contributed by atoms with Crippen LogP contribution in [0.2, 0.25) is 0 Å². The van der Waals surface area contributed by atoms with Gasteiger partial charge in [-0.15, -0.1) is 0 Å². The van der Waals surface area contributed by atoms with Crippen LogP contribution >= 0.6 is 0 Å². The molecule has 0 amide bonds. The summed E-state index contributed by atoms with van der Waals surface area (Å²) in [5.41, 5.74) is 7.22. The van der Waals surface area contributed by atoms with Gasteiger partial charge in [0.15, 0.2) is 6.10 Å². The second-order valence-corrected chi connectivity index (χ2v) is 7.34. The van der Waals surface area contributed by atoms with Gasteiger partial charge in [0.25, 0.3) is 0 Å². The maximum atomic E-state index is 11.9. The highest BCUT2D eigenvalue weighted by Gasteiger charge is 2.22. The second kappa shape index (κ2) is 9.63. The van der Waals surface area contributed by atoms with Crippen LogP contribution in [0.25, 0.3) is 16.7 Å². The first-order valence-corrected chi connectivity index (χ1v) is 10.5. The zero-order chi connectivity index (χ0) is 21.6. The minimum absolute atomic E-state index is 0.339. The molecule has 4 heteroatoms. The Morgan fingerprint density at radius 2 is 1.45 bits per heavy atom. The van der Waals surface area contributed by atoms with E-state index in [1.54, 1.807) is 6.92 Å². The first-order chi connectivity index (χ1) is 15.2. The van der Waals surface area contributed by atoms with Gasteiger partial charge in [0.1, 0.15) is 12.4 Å². The fourth-order valence-electron chi connectivity index (χ4n) is 3.93. The first-order valence-electron chi connectivity index (χ1n) is 10.5. The van der Waals surface area contributed by atoms with Crippen LogP contribution < -0.4 is 4.74 Å². The van der Waals surface area contributed by atoms with E-state index in [1.807, 2.05) is 24.3 Å². The molecule has 0 bridgehead atoms. The van der Waals surface area contributed by atoms with Gasteiger partial charge in [-0.1, -0.05) is 60.7 Å². The SMILES string of the molecule is CCOC(=O)C(Cc1ccc(OCC=C2c3ccccc3-c3ccccc32)cc1)OC. The number of methoxy groups -OCH3 is 1. The van der Waals surface area contributed by atoms with Crippen LogP contribution in [0.3, 0.4) is 0 Å². The molecule has 0 saturated carbocycles. The van der Waals surface area contributed by atoms with Crippen molar-refractivity contribution in [2.75, 3.05) is 20.3 Å². The fourth-order valence-corrected chi connectivity index (χ4v) is 3.93. The lowest BCUT2D eigenvalue weighted by Gasteiger charge is -2.14. The Hall–Kier alpha value is -3.37. The molecule has 3 aromatic carbocycles. The Morgan fingerprint density at radius 3 is 2.00 bits per heavy atom. The highest BCUT2D eigenvalue weighted by atomic mass is 16.6. The van der Waals surface area contributed by atoms with Crippen LogP contribution in [-0.4, -0.2) is 32.4 Å². The van der Waals surface area contributed by atoms with Crippen molar-refractivity contribution in [2.45, 2.75) is 19.4 Å². The molecule has 0 radical (unpaired) electrons. The van der Waals surface area contributed by atoms with Gasteiger partial charge in [-0.3, -0.25) is 0 Å². The minimum Gasteiger partial charge on any atom is -0.490 e. The first kappa shape index (κ1) is 20.9. The molecule has 4 rings (SSSR count). The molecule has 1 aliphatic rings. The number of fused-ring (bicyclic) bond motifs is 3. The van der Waals surface area contributed by atoms with Gasteiger partial charge < -0.3 is 14.2 Å². The van der Waals surface area contributed by atoms with E-state index in [1.165, 1.54) is 34.9 Å². The third-order valence-electron chi connectivity index (χ3n) is 5.44. The summed E-state index contributed by atoms with van der Waals surface area (Å²) < 4.78 is 16.3. The smallest absolute Gasteiger partial charge is 0.335 e. The lowest BCUT2D eigenvalue weighted by molar-refractivity contribution is -0.154. The Morgan fingerprint density at radius 1 is 0.871 bits per heavy atom. The van der Waals surface area contributed by atoms with Crippen molar-refractivity contribution in [3.63, 3.8) is 0 Å². The molecule has 1 aliphatic carbocycles. The Kier molecular flexibility index (Phi) is 6.48. The molecule has 0 spiro atoms. The van der Waals surface area contributed by atoms with E-state index in [4.69, 9.17) is 14.2 Å². The van der Waals surface area contributed by atoms with Crippen LogP contribution in [0.15, 0.2) is 78.9 Å². The largest absolute Gasteiger partial charge is 0.490 e. The fraction of sp³-hybridized carbons (Fsp3) is 0.222. The van der Waals surface area contributed by atoms with Crippen LogP contribution in [0.1, 0.15) is 23.6 Å². The molecule has 0 aliphatic heterocycles. The van der Waals surface area contributed by atoms with E-state index in [0.717, 1.165) is 11.3 Å². The normalized spacial score (nSPS) is 12.6. The number of hydrogen-bond acceptors (Lipinski definition) is 4. The van der Waals surface area contributed by atoms with E-state index in [-0.39, 0.29) is 5.97 Å². The van der Waals surface area contributed by atoms with E-state index in [9.17, 15) is 4.79 Å². The Bertz CT molecular complexity index is 1030. The van der Waals surface area contributed by atoms with Gasteiger partial charge in [-0.2, -0.15) is 0 Å². The quantitative estimate of drug-likeness (QED) is 0.367. The number of hydrogen-bond donors (Lipinski definition) is 0. The summed E-state index contributed by atoms with van der Waals surface area (Å²) in [6.45, 7) is 2.60. The Labute approximate surface area is 183 Å². The van der Waals surface area contributed by atoms with Crippen LogP contribution in [-0.2, 0) is 20.7 Å². The van der Waals surface area contributed by atoms with E-state index >= 15 is 0 Å². The zero-order valence-electron chi connectivity index (χ0n) is 17.8. The average Bonchev–Trinajstić information content (AvgIpc) is 3.12. The van der Waals surface area contributed by atoms with E-state index in [2.05, 4.69) is 54.6 Å². The third kappa shape index (κ3) is 4.54. The van der Waals surface area contributed by atoms with Crippen molar-refractivity contribution in [2.24, 2.45) is 0 Å². The Balaban J connectivity index is 1.42. The molecule has 1 atom stereocenters. The summed E-state index contributed by atoms with van der Waals surface area (Å²) in [4.78, 5) is 11.9. The molecule has 4 nitrogen and oxygen atoms in total. The van der Waals surface area contributed by atoms with Crippen molar-refractivity contribution in [3.8, 4) is 16.9 Å². The molecule has 31 heavy (non-hydrogen) atoms. The summed E-state index contributed by atoms with van der Waals surface area (Å²) in [7, 11) is 1.52. The molecule has 0 saturated heterocycles. The van der Waals surface area contributed by atoms with Gasteiger partial charge in [-0.25, -0.2) is 4.79 Å². The van der Waals surface area contributed by atoms with Crippen LogP contribution in [0, 0.1) is 0 Å². The molecule has 158 valence electrons. The molecule has 0 heterocycles. The zero-order valence-corrected chi connectivity index (χ0v) is 17.8. The van der Waals surface area contributed by atoms with Gasteiger partial charge in [0.05, 0.1) is 6.61 Å². The lowest BCUT2D eigenvalue weighted by atomic mass is 10.0. The van der Waals surface area contributed by atoms with Gasteiger partial charge >= 0.3 is 5.97 Å². The van der Waals surface area contributed by atoms with Crippen LogP contribution in [0.4, 0.5) is 0 Å². The average molecular weight is 415 g/mol. The van der Waals surface area contributed by atoms with E-state index < -0.39 is 6.10 Å². The van der Waals surface area contributed by atoms with Crippen molar-refractivity contribution in [3.05, 3.63) is 95.6 Å². The van der Waals surface area contributed by atoms with Crippen molar-refractivity contribution < 1.29 is 19.0 Å². The summed E-state index contributed by atoms with van der Waals surface area (Å²) in [5, 5.41) is 0. The third-order valence-corrected chi connectivity index (χ3v) is 5.44. The van der Waals surface area contributed by atoms with Gasteiger partial charge in [0, 0.05) is 13.5 Å². The summed E-state index contributed by atoms with van der Waals surface area (Å²) in [6.07, 6.45) is 2.01. The monoisotopic (exact) mass is 414 g/mol. The van der Waals surface area contributed by atoms with E-state index in [0.29, 0.717) is 19.6 Å². The highest BCUT2D eigenvalue weighted by Crippen LogP contribution is 2.43. The van der Waals surface area contributed by atoms with Crippen molar-refractivity contribution in [1.29, 1.82) is 0 Å². The molecule has 0 fully saturated rings. The molecule has 0 aromatic heterocycles. The number of ether oxygens (including phenoxy) is 3. The summed E-state index contributed by atoms with van der Waals surface area (Å²) >= 11 is 0. The predicted octanol–water partition coefficient (Wildman–Crippen LogP) is 5.30. The standard InChI is InChI=1S/C27H26O4/c1-3-30-27(28)26(29-2)18-19-12-14-20(15-13-19)31-17-16-25-23-10-6-4-8-21(23)22-9-5-7-11-24(22)25/h4-16,26H,3,17-18H2,1-2H3. The molecular formula is C27H26O4. The van der Waals surface area contributed by atoms with Crippen molar-refractivity contribution >= 4 is 11.5 Å². The number of benzene rings is 3. The lowest BCUT2D eigenvalue weighted by Crippen LogP contribution is -2.27. The minimum atomic E-state index is -0.598. The molecule has 0 N–H and O–H groups in total. The predicted molar refractivity (Wildman–Crippen MR) is 122 cm³/mol. The number of rotatable bonds is 8. The maximum Gasteiger partial charge on any atom is 0.335 e. The second-order valence-electron chi connectivity index (χ2n) is 7.34. The molecular weight excluding hydrogens is 388 g/mol. The highest BCUT2D eigenvalue weighted by molar-refractivity contribution is 6.01. The topological polar surface area (TPSA) is 44.8 Å². The number of carbonyl (C=O) groups is 1. The molecule has 1 unspecified atom stereocenters. The number of carbonyl (C=O) groups excluding carboxylic acids is 1. The van der Waals surface area contributed by atoms with Crippen molar-refractivity contribution in [1.82, 2.24) is 0 Å². The summed E-state index contributed by atoms with van der Waals surface area (Å²) in [5.74, 6) is 0.444.